The molecule has 4 aliphatic rings. The Morgan fingerprint density at radius 1 is 0.607 bits per heavy atom. The van der Waals surface area contributed by atoms with Crippen molar-refractivity contribution in [1.29, 1.82) is 0 Å². The molecule has 2 aromatic carbocycles. The van der Waals surface area contributed by atoms with E-state index in [1.165, 1.54) is 0 Å². The van der Waals surface area contributed by atoms with Crippen molar-refractivity contribution in [1.82, 2.24) is 0 Å². The Morgan fingerprint density at radius 2 is 1.11 bits per heavy atom. The molecule has 2 heterocycles. The largest absolute Gasteiger partial charge is 0.478 e. The summed E-state index contributed by atoms with van der Waals surface area (Å²) in [6.45, 7) is 0. The van der Waals surface area contributed by atoms with Crippen molar-refractivity contribution in [2.24, 2.45) is 9.98 Å². The average molecular weight is 364 g/mol. The van der Waals surface area contributed by atoms with Crippen LogP contribution in [-0.4, -0.2) is 23.6 Å². The molecule has 6 rings (SSSR count). The van der Waals surface area contributed by atoms with E-state index >= 15 is 0 Å². The number of fused-ring (bicyclic) bond motifs is 4. The van der Waals surface area contributed by atoms with E-state index in [9.17, 15) is 0 Å². The summed E-state index contributed by atoms with van der Waals surface area (Å²) in [4.78, 5) is 9.83. The van der Waals surface area contributed by atoms with Crippen LogP contribution in [0.15, 0.2) is 95.0 Å². The first-order valence-corrected chi connectivity index (χ1v) is 9.33. The topological polar surface area (TPSA) is 43.2 Å². The van der Waals surface area contributed by atoms with Crippen LogP contribution < -0.4 is 9.47 Å². The first-order chi connectivity index (χ1) is 13.9. The molecule has 0 fully saturated rings. The van der Waals surface area contributed by atoms with E-state index < -0.39 is 0 Å². The third kappa shape index (κ3) is 2.31. The lowest BCUT2D eigenvalue weighted by atomic mass is 9.97. The van der Waals surface area contributed by atoms with Crippen molar-refractivity contribution >= 4 is 22.8 Å². The van der Waals surface area contributed by atoms with Gasteiger partial charge in [-0.2, -0.15) is 0 Å². The fraction of sp³-hybridized carbons (Fsp3) is 0.0833. The summed E-state index contributed by atoms with van der Waals surface area (Å²) in [7, 11) is 0. The fourth-order valence-corrected chi connectivity index (χ4v) is 3.86. The van der Waals surface area contributed by atoms with Gasteiger partial charge >= 0.3 is 0 Å². The van der Waals surface area contributed by atoms with Crippen LogP contribution in [0.1, 0.15) is 0 Å². The molecule has 0 saturated heterocycles. The quantitative estimate of drug-likeness (QED) is 0.692. The minimum atomic E-state index is -0.124. The molecule has 2 aliphatic heterocycles. The zero-order valence-corrected chi connectivity index (χ0v) is 14.9. The average Bonchev–Trinajstić information content (AvgIpc) is 2.75. The summed E-state index contributed by atoms with van der Waals surface area (Å²) in [5.41, 5.74) is 5.48. The van der Waals surface area contributed by atoms with Gasteiger partial charge < -0.3 is 9.47 Å². The molecule has 0 radical (unpaired) electrons. The highest BCUT2D eigenvalue weighted by molar-refractivity contribution is 6.08. The van der Waals surface area contributed by atoms with Gasteiger partial charge in [0.15, 0.2) is 12.2 Å². The van der Waals surface area contributed by atoms with Crippen LogP contribution in [0.3, 0.4) is 0 Å². The van der Waals surface area contributed by atoms with Crippen LogP contribution in [-0.2, 0) is 0 Å². The first-order valence-electron chi connectivity index (χ1n) is 9.33. The maximum Gasteiger partial charge on any atom is 0.159 e. The van der Waals surface area contributed by atoms with Crippen molar-refractivity contribution < 1.29 is 9.47 Å². The second-order valence-electron chi connectivity index (χ2n) is 6.94. The van der Waals surface area contributed by atoms with Gasteiger partial charge in [0.25, 0.3) is 0 Å². The number of rotatable bonds is 1. The van der Waals surface area contributed by atoms with E-state index in [-0.39, 0.29) is 12.2 Å². The summed E-state index contributed by atoms with van der Waals surface area (Å²) >= 11 is 0. The lowest BCUT2D eigenvalue weighted by Crippen LogP contribution is -2.28. The van der Waals surface area contributed by atoms with E-state index in [2.05, 4.69) is 12.1 Å². The monoisotopic (exact) mass is 364 g/mol. The predicted octanol–water partition coefficient (Wildman–Crippen LogP) is 5.27. The number of hydrogen-bond donors (Lipinski definition) is 0. The highest BCUT2D eigenvalue weighted by Gasteiger charge is 2.28. The van der Waals surface area contributed by atoms with Gasteiger partial charge in [-0.3, -0.25) is 0 Å². The number of hydrogen-bond acceptors (Lipinski definition) is 4. The van der Waals surface area contributed by atoms with Crippen molar-refractivity contribution in [3.8, 4) is 22.6 Å². The molecule has 2 unspecified atom stereocenters. The Morgan fingerprint density at radius 3 is 1.61 bits per heavy atom. The molecule has 2 aliphatic carbocycles. The molecule has 0 bridgehead atoms. The maximum absolute atomic E-state index is 6.17. The third-order valence-corrected chi connectivity index (χ3v) is 5.19. The van der Waals surface area contributed by atoms with Crippen molar-refractivity contribution in [2.45, 2.75) is 12.2 Å². The molecular weight excluding hydrogens is 348 g/mol. The van der Waals surface area contributed by atoms with Gasteiger partial charge in [0, 0.05) is 11.1 Å². The summed E-state index contributed by atoms with van der Waals surface area (Å²) in [5.74, 6) is 1.57. The van der Waals surface area contributed by atoms with Crippen LogP contribution in [0.2, 0.25) is 0 Å². The van der Waals surface area contributed by atoms with Crippen LogP contribution in [0.25, 0.3) is 11.1 Å². The molecule has 0 saturated carbocycles. The van der Waals surface area contributed by atoms with E-state index in [4.69, 9.17) is 19.5 Å². The third-order valence-electron chi connectivity index (χ3n) is 5.19. The van der Waals surface area contributed by atoms with Gasteiger partial charge in [0.05, 0.1) is 11.4 Å². The number of allylic oxidation sites excluding steroid dienone is 4. The molecule has 2 aromatic rings. The van der Waals surface area contributed by atoms with Crippen molar-refractivity contribution in [3.05, 3.63) is 85.0 Å². The number of aliphatic imine (C=N–C) groups is 2. The van der Waals surface area contributed by atoms with Crippen LogP contribution in [0.5, 0.6) is 11.5 Å². The molecule has 0 amide bonds. The number of nitrogens with zero attached hydrogens (tertiary/aromatic N) is 2. The Kier molecular flexibility index (Phi) is 3.26. The number of para-hydroxylation sites is 2. The Bertz CT molecular complexity index is 1090. The molecule has 4 heteroatoms. The van der Waals surface area contributed by atoms with Crippen LogP contribution >= 0.6 is 0 Å². The number of benzene rings is 2. The molecule has 134 valence electrons. The first kappa shape index (κ1) is 15.4. The van der Waals surface area contributed by atoms with Crippen molar-refractivity contribution in [3.63, 3.8) is 0 Å². The lowest BCUT2D eigenvalue weighted by molar-refractivity contribution is 0.308. The zero-order valence-electron chi connectivity index (χ0n) is 14.9. The Labute approximate surface area is 162 Å². The molecule has 4 nitrogen and oxygen atoms in total. The van der Waals surface area contributed by atoms with Gasteiger partial charge in [0.1, 0.15) is 22.9 Å². The van der Waals surface area contributed by atoms with Gasteiger partial charge in [-0.25, -0.2) is 9.98 Å². The highest BCUT2D eigenvalue weighted by atomic mass is 16.5. The summed E-state index contributed by atoms with van der Waals surface area (Å²) in [6, 6.07) is 12.1. The fourth-order valence-electron chi connectivity index (χ4n) is 3.86. The normalized spacial score (nSPS) is 22.7. The minimum Gasteiger partial charge on any atom is -0.478 e. The van der Waals surface area contributed by atoms with E-state index in [1.54, 1.807) is 0 Å². The zero-order chi connectivity index (χ0) is 18.5. The highest BCUT2D eigenvalue weighted by Crippen LogP contribution is 2.48. The smallest absolute Gasteiger partial charge is 0.159 e. The van der Waals surface area contributed by atoms with E-state index in [1.807, 2.05) is 72.9 Å². The summed E-state index contributed by atoms with van der Waals surface area (Å²) in [6.07, 6.45) is 15.7. The summed E-state index contributed by atoms with van der Waals surface area (Å²) in [5, 5.41) is 0. The molecular formula is C24H16N2O2. The van der Waals surface area contributed by atoms with Gasteiger partial charge in [-0.05, 0) is 36.4 Å². The molecule has 28 heavy (non-hydrogen) atoms. The summed E-state index contributed by atoms with van der Waals surface area (Å²) < 4.78 is 12.3. The van der Waals surface area contributed by atoms with Crippen LogP contribution in [0, 0.1) is 0 Å². The molecule has 0 aromatic heterocycles. The maximum atomic E-state index is 6.17. The van der Waals surface area contributed by atoms with Gasteiger partial charge in [0.2, 0.25) is 0 Å². The molecule has 2 atom stereocenters. The van der Waals surface area contributed by atoms with Gasteiger partial charge in [-0.15, -0.1) is 0 Å². The SMILES string of the molecule is C1=CC2=Nc3c(cccc3-c3cccc4c3N=C3C=CC=CC3O4)OC2C=C1. The minimum absolute atomic E-state index is 0.124. The standard InChI is InChI=1S/C24H16N2O2/c1-3-11-19-17(9-1)25-23-15(7-5-13-21(23)27-19)16-8-6-14-22-24(16)26-18-10-2-4-12-20(18)28-22/h1-14,19-20H. The van der Waals surface area contributed by atoms with Crippen molar-refractivity contribution in [2.75, 3.05) is 0 Å². The van der Waals surface area contributed by atoms with E-state index in [0.717, 1.165) is 45.4 Å². The molecule has 0 spiro atoms. The second-order valence-corrected chi connectivity index (χ2v) is 6.94. The number of ether oxygens (including phenoxy) is 2. The Balaban J connectivity index is 1.54. The van der Waals surface area contributed by atoms with E-state index in [0.29, 0.717) is 0 Å². The lowest BCUT2D eigenvalue weighted by Gasteiger charge is -2.27. The van der Waals surface area contributed by atoms with Crippen LogP contribution in [0.4, 0.5) is 11.4 Å². The predicted molar refractivity (Wildman–Crippen MR) is 111 cm³/mol. The van der Waals surface area contributed by atoms with Gasteiger partial charge in [-0.1, -0.05) is 48.6 Å². The Hall–Kier alpha value is -3.66. The second kappa shape index (κ2) is 5.92. The molecule has 0 N–H and O–H groups in total.